The average molecular weight is 504 g/mol. The molecule has 1 aromatic heterocycles. The van der Waals surface area contributed by atoms with Crippen molar-refractivity contribution in [2.45, 2.75) is 52.5 Å². The number of nitrogens with zero attached hydrogens (tertiary/aromatic N) is 1. The van der Waals surface area contributed by atoms with Gasteiger partial charge in [-0.25, -0.2) is 0 Å². The molecule has 0 bridgehead atoms. The third-order valence-electron chi connectivity index (χ3n) is 6.19. The molecule has 1 aliphatic rings. The standard InChI is InChI=1S/C30H33NO6/c1-6-15-36-21-11-8-10-20(18-21)31-26(24-12-9-16-37-24)25(28(33)29(31)34)27(32)19-13-14-23(35-7-2)22(17-19)30(3,4)5/h8-14,16-18,26,32H,6-7,15H2,1-5H3/b27-25-. The minimum Gasteiger partial charge on any atom is -0.507 e. The number of furan rings is 1. The molecule has 0 aliphatic carbocycles. The molecule has 7 heteroatoms. The maximum atomic E-state index is 13.4. The smallest absolute Gasteiger partial charge is 0.300 e. The van der Waals surface area contributed by atoms with Gasteiger partial charge in [-0.3, -0.25) is 14.5 Å². The maximum absolute atomic E-state index is 13.4. The molecule has 1 fully saturated rings. The fourth-order valence-corrected chi connectivity index (χ4v) is 4.46. The highest BCUT2D eigenvalue weighted by Gasteiger charge is 2.48. The van der Waals surface area contributed by atoms with Crippen molar-refractivity contribution in [2.75, 3.05) is 18.1 Å². The summed E-state index contributed by atoms with van der Waals surface area (Å²) in [5, 5.41) is 11.5. The maximum Gasteiger partial charge on any atom is 0.300 e. The molecule has 0 saturated carbocycles. The van der Waals surface area contributed by atoms with Gasteiger partial charge in [0.15, 0.2) is 0 Å². The largest absolute Gasteiger partial charge is 0.507 e. The Balaban J connectivity index is 1.87. The quantitative estimate of drug-likeness (QED) is 0.218. The molecular weight excluding hydrogens is 470 g/mol. The van der Waals surface area contributed by atoms with Gasteiger partial charge in [0.1, 0.15) is 29.1 Å². The number of rotatable bonds is 8. The Hall–Kier alpha value is -4.00. The van der Waals surface area contributed by atoms with E-state index >= 15 is 0 Å². The van der Waals surface area contributed by atoms with E-state index in [9.17, 15) is 14.7 Å². The van der Waals surface area contributed by atoms with Gasteiger partial charge in [0.2, 0.25) is 0 Å². The minimum absolute atomic E-state index is 0.0381. The third kappa shape index (κ3) is 5.12. The molecule has 194 valence electrons. The molecule has 1 atom stereocenters. The van der Waals surface area contributed by atoms with Crippen molar-refractivity contribution in [3.8, 4) is 11.5 Å². The van der Waals surface area contributed by atoms with Gasteiger partial charge in [-0.2, -0.15) is 0 Å². The van der Waals surface area contributed by atoms with E-state index in [0.29, 0.717) is 41.7 Å². The number of carbonyl (C=O) groups is 2. The van der Waals surface area contributed by atoms with Crippen molar-refractivity contribution in [1.29, 1.82) is 0 Å². The van der Waals surface area contributed by atoms with Gasteiger partial charge < -0.3 is 19.0 Å². The van der Waals surface area contributed by atoms with Gasteiger partial charge in [-0.1, -0.05) is 33.8 Å². The second-order valence-corrected chi connectivity index (χ2v) is 9.92. The third-order valence-corrected chi connectivity index (χ3v) is 6.19. The molecule has 1 unspecified atom stereocenters. The normalized spacial score (nSPS) is 17.3. The second-order valence-electron chi connectivity index (χ2n) is 9.92. The highest BCUT2D eigenvalue weighted by molar-refractivity contribution is 6.51. The van der Waals surface area contributed by atoms with E-state index in [1.54, 1.807) is 48.5 Å². The van der Waals surface area contributed by atoms with Crippen LogP contribution in [0.1, 0.15) is 64.0 Å². The molecule has 1 amide bonds. The average Bonchev–Trinajstić information content (AvgIpc) is 3.49. The number of ether oxygens (including phenoxy) is 2. The van der Waals surface area contributed by atoms with E-state index in [1.165, 1.54) is 11.2 Å². The first kappa shape index (κ1) is 26.1. The lowest BCUT2D eigenvalue weighted by Gasteiger charge is -2.25. The molecule has 3 aromatic rings. The molecule has 0 spiro atoms. The predicted octanol–water partition coefficient (Wildman–Crippen LogP) is 6.39. The number of ketones is 1. The lowest BCUT2D eigenvalue weighted by molar-refractivity contribution is -0.132. The van der Waals surface area contributed by atoms with Crippen molar-refractivity contribution in [3.63, 3.8) is 0 Å². The molecule has 1 N–H and O–H groups in total. The number of carbonyl (C=O) groups excluding carboxylic acids is 2. The molecule has 4 rings (SSSR count). The van der Waals surface area contributed by atoms with Crippen LogP contribution in [-0.2, 0) is 15.0 Å². The van der Waals surface area contributed by atoms with Crippen LogP contribution in [0.4, 0.5) is 5.69 Å². The zero-order valence-corrected chi connectivity index (χ0v) is 21.9. The summed E-state index contributed by atoms with van der Waals surface area (Å²) in [4.78, 5) is 28.1. The molecule has 1 saturated heterocycles. The van der Waals surface area contributed by atoms with Crippen molar-refractivity contribution in [2.24, 2.45) is 0 Å². The second kappa shape index (κ2) is 10.5. The highest BCUT2D eigenvalue weighted by Crippen LogP contribution is 2.43. The molecule has 1 aliphatic heterocycles. The number of benzene rings is 2. The van der Waals surface area contributed by atoms with E-state index in [-0.39, 0.29) is 16.7 Å². The Bertz CT molecular complexity index is 1320. The van der Waals surface area contributed by atoms with E-state index in [0.717, 1.165) is 12.0 Å². The summed E-state index contributed by atoms with van der Waals surface area (Å²) in [7, 11) is 0. The molecular formula is C30H33NO6. The Morgan fingerprint density at radius 3 is 2.46 bits per heavy atom. The van der Waals surface area contributed by atoms with E-state index in [1.807, 2.05) is 40.7 Å². The van der Waals surface area contributed by atoms with Crippen LogP contribution >= 0.6 is 0 Å². The molecule has 2 heterocycles. The fraction of sp³-hybridized carbons (Fsp3) is 0.333. The number of hydrogen-bond acceptors (Lipinski definition) is 6. The molecule has 0 radical (unpaired) electrons. The Morgan fingerprint density at radius 1 is 1.03 bits per heavy atom. The van der Waals surface area contributed by atoms with Crippen LogP contribution in [-0.4, -0.2) is 30.0 Å². The van der Waals surface area contributed by atoms with Gasteiger partial charge >= 0.3 is 0 Å². The lowest BCUT2D eigenvalue weighted by atomic mass is 9.84. The Labute approximate surface area is 217 Å². The predicted molar refractivity (Wildman–Crippen MR) is 142 cm³/mol. The summed E-state index contributed by atoms with van der Waals surface area (Å²) in [6.07, 6.45) is 2.31. The lowest BCUT2D eigenvalue weighted by Crippen LogP contribution is -2.29. The van der Waals surface area contributed by atoms with Crippen molar-refractivity contribution >= 4 is 23.1 Å². The van der Waals surface area contributed by atoms with Gasteiger partial charge in [0.05, 0.1) is 25.1 Å². The molecule has 37 heavy (non-hydrogen) atoms. The minimum atomic E-state index is -0.943. The zero-order chi connectivity index (χ0) is 26.7. The van der Waals surface area contributed by atoms with Crippen LogP contribution < -0.4 is 14.4 Å². The topological polar surface area (TPSA) is 89.2 Å². The summed E-state index contributed by atoms with van der Waals surface area (Å²) >= 11 is 0. The van der Waals surface area contributed by atoms with Crippen molar-refractivity contribution in [1.82, 2.24) is 0 Å². The molecule has 2 aromatic carbocycles. The number of aliphatic hydroxyl groups is 1. The molecule has 7 nitrogen and oxygen atoms in total. The van der Waals surface area contributed by atoms with Gasteiger partial charge in [-0.15, -0.1) is 0 Å². The van der Waals surface area contributed by atoms with E-state index in [4.69, 9.17) is 13.9 Å². The summed E-state index contributed by atoms with van der Waals surface area (Å²) in [5.74, 6) is -0.154. The van der Waals surface area contributed by atoms with Crippen LogP contribution in [0.15, 0.2) is 70.9 Å². The zero-order valence-electron chi connectivity index (χ0n) is 21.9. The van der Waals surface area contributed by atoms with Crippen LogP contribution in [0.5, 0.6) is 11.5 Å². The summed E-state index contributed by atoms with van der Waals surface area (Å²) in [5.41, 5.74) is 1.44. The summed E-state index contributed by atoms with van der Waals surface area (Å²) < 4.78 is 17.2. The van der Waals surface area contributed by atoms with E-state index < -0.39 is 17.7 Å². The van der Waals surface area contributed by atoms with Gasteiger partial charge in [-0.05, 0) is 61.2 Å². The number of Topliss-reactive ketones (excluding diaryl/α,β-unsaturated/α-hetero) is 1. The Morgan fingerprint density at radius 2 is 1.81 bits per heavy atom. The Kier molecular flexibility index (Phi) is 7.43. The number of hydrogen-bond donors (Lipinski definition) is 1. The summed E-state index contributed by atoms with van der Waals surface area (Å²) in [6.45, 7) is 11.1. The monoisotopic (exact) mass is 503 g/mol. The van der Waals surface area contributed by atoms with Crippen LogP contribution in [0, 0.1) is 0 Å². The van der Waals surface area contributed by atoms with Gasteiger partial charge in [0, 0.05) is 22.9 Å². The first-order valence-electron chi connectivity index (χ1n) is 12.5. The van der Waals surface area contributed by atoms with E-state index in [2.05, 4.69) is 0 Å². The SMILES string of the molecule is CCCOc1cccc(N2C(=O)C(=O)/C(=C(\O)c3ccc(OCC)c(C(C)(C)C)c3)C2c2ccco2)c1. The van der Waals surface area contributed by atoms with Crippen molar-refractivity contribution < 1.29 is 28.6 Å². The van der Waals surface area contributed by atoms with Crippen LogP contribution in [0.2, 0.25) is 0 Å². The fourth-order valence-electron chi connectivity index (χ4n) is 4.46. The highest BCUT2D eigenvalue weighted by atomic mass is 16.5. The summed E-state index contributed by atoms with van der Waals surface area (Å²) in [6, 6.07) is 14.7. The van der Waals surface area contributed by atoms with Crippen molar-refractivity contribution in [3.05, 3.63) is 83.3 Å². The number of amides is 1. The number of anilines is 1. The first-order chi connectivity index (χ1) is 17.7. The van der Waals surface area contributed by atoms with Crippen LogP contribution in [0.25, 0.3) is 5.76 Å². The van der Waals surface area contributed by atoms with Crippen LogP contribution in [0.3, 0.4) is 0 Å². The van der Waals surface area contributed by atoms with Gasteiger partial charge in [0.25, 0.3) is 11.7 Å². The first-order valence-corrected chi connectivity index (χ1v) is 12.5. The number of aliphatic hydroxyl groups excluding tert-OH is 1.